The number of halogens is 1. The molecule has 0 aliphatic carbocycles. The Hall–Kier alpha value is -2.68. The summed E-state index contributed by atoms with van der Waals surface area (Å²) < 4.78 is 23.3. The summed E-state index contributed by atoms with van der Waals surface area (Å²) in [7, 11) is 2.71. The van der Waals surface area contributed by atoms with Gasteiger partial charge in [0.15, 0.2) is 0 Å². The Morgan fingerprint density at radius 2 is 2.19 bits per heavy atom. The zero-order valence-electron chi connectivity index (χ0n) is 15.5. The van der Waals surface area contributed by atoms with Crippen LogP contribution >= 0.6 is 0 Å². The van der Waals surface area contributed by atoms with Gasteiger partial charge in [0, 0.05) is 13.7 Å². The number of alkyl carbamates (subject to hydrolysis) is 1. The van der Waals surface area contributed by atoms with E-state index in [1.807, 2.05) is 0 Å². The molecule has 1 saturated heterocycles. The number of carbonyl (C=O) groups is 2. The van der Waals surface area contributed by atoms with Crippen molar-refractivity contribution in [2.45, 2.75) is 38.0 Å². The fourth-order valence-corrected chi connectivity index (χ4v) is 3.35. The summed E-state index contributed by atoms with van der Waals surface area (Å²) >= 11 is 0. The fourth-order valence-electron chi connectivity index (χ4n) is 3.35. The Bertz CT molecular complexity index is 840. The lowest BCUT2D eigenvalue weighted by molar-refractivity contribution is -0.137. The van der Waals surface area contributed by atoms with Gasteiger partial charge in [0.2, 0.25) is 5.91 Å². The molecule has 0 saturated carbocycles. The fraction of sp³-hybridized carbons (Fsp3) is 0.500. The van der Waals surface area contributed by atoms with Crippen molar-refractivity contribution in [3.8, 4) is 0 Å². The van der Waals surface area contributed by atoms with Crippen molar-refractivity contribution in [3.05, 3.63) is 29.8 Å². The van der Waals surface area contributed by atoms with Gasteiger partial charge in [-0.2, -0.15) is 0 Å². The Morgan fingerprint density at radius 3 is 2.89 bits per heavy atom. The number of benzene rings is 1. The van der Waals surface area contributed by atoms with E-state index in [9.17, 15) is 14.0 Å². The van der Waals surface area contributed by atoms with Crippen LogP contribution in [-0.4, -0.2) is 59.8 Å². The molecule has 27 heavy (non-hydrogen) atoms. The average molecular weight is 378 g/mol. The van der Waals surface area contributed by atoms with Gasteiger partial charge in [-0.15, -0.1) is 0 Å². The van der Waals surface area contributed by atoms with Crippen LogP contribution in [0.2, 0.25) is 0 Å². The molecule has 8 nitrogen and oxygen atoms in total. The van der Waals surface area contributed by atoms with Crippen LogP contribution in [-0.2, 0) is 14.3 Å². The maximum atomic E-state index is 13.4. The van der Waals surface area contributed by atoms with Crippen molar-refractivity contribution in [1.82, 2.24) is 20.2 Å². The molecular weight excluding hydrogens is 355 g/mol. The van der Waals surface area contributed by atoms with Crippen molar-refractivity contribution >= 4 is 23.0 Å². The predicted molar refractivity (Wildman–Crippen MR) is 95.5 cm³/mol. The number of carbonyl (C=O) groups excluding carboxylic acids is 2. The number of hydrogen-bond donors (Lipinski definition) is 2. The molecule has 146 valence electrons. The van der Waals surface area contributed by atoms with E-state index in [0.29, 0.717) is 23.4 Å². The van der Waals surface area contributed by atoms with Crippen molar-refractivity contribution in [1.29, 1.82) is 0 Å². The number of hydrogen-bond acceptors (Lipinski definition) is 5. The second-order valence-corrected chi connectivity index (χ2v) is 6.53. The highest BCUT2D eigenvalue weighted by atomic mass is 19.1. The van der Waals surface area contributed by atoms with Gasteiger partial charge in [-0.05, 0) is 38.0 Å². The number of rotatable bonds is 5. The highest BCUT2D eigenvalue weighted by molar-refractivity contribution is 5.87. The van der Waals surface area contributed by atoms with Gasteiger partial charge >= 0.3 is 6.09 Å². The molecule has 0 radical (unpaired) electrons. The Labute approximate surface area is 156 Å². The molecule has 2 aromatic rings. The number of likely N-dealkylation sites (tertiary alicyclic amines) is 1. The number of aromatic nitrogens is 2. The minimum Gasteiger partial charge on any atom is -0.453 e. The minimum atomic E-state index is -0.884. The van der Waals surface area contributed by atoms with Crippen LogP contribution in [0.4, 0.5) is 9.18 Å². The van der Waals surface area contributed by atoms with E-state index in [-0.39, 0.29) is 17.8 Å². The van der Waals surface area contributed by atoms with Crippen molar-refractivity contribution in [3.63, 3.8) is 0 Å². The molecule has 3 atom stereocenters. The normalized spacial score (nSPS) is 19.1. The maximum Gasteiger partial charge on any atom is 0.407 e. The molecule has 3 unspecified atom stereocenters. The molecule has 0 bridgehead atoms. The standard InChI is InChI=1S/C18H23FN4O4/c1-10(26-2)15(22-18(25)27-3)17(24)23-8-4-5-14(23)16-20-12-7-6-11(19)9-13(12)21-16/h6-7,9-10,14-15H,4-5,8H2,1-3H3,(H,20,21)(H,22,25). The van der Waals surface area contributed by atoms with Gasteiger partial charge in [0.1, 0.15) is 17.7 Å². The van der Waals surface area contributed by atoms with Crippen LogP contribution in [0, 0.1) is 5.82 Å². The molecule has 1 aliphatic heterocycles. The lowest BCUT2D eigenvalue weighted by Crippen LogP contribution is -2.54. The lowest BCUT2D eigenvalue weighted by Gasteiger charge is -2.30. The SMILES string of the molecule is COC(=O)NC(C(=O)N1CCCC1c1nc2ccc(F)cc2[nH]1)C(C)OC. The molecule has 3 rings (SSSR count). The number of methoxy groups -OCH3 is 2. The van der Waals surface area contributed by atoms with E-state index >= 15 is 0 Å². The Kier molecular flexibility index (Phi) is 5.59. The topological polar surface area (TPSA) is 96.5 Å². The Balaban J connectivity index is 1.86. The highest BCUT2D eigenvalue weighted by Gasteiger charge is 2.38. The van der Waals surface area contributed by atoms with Crippen molar-refractivity contribution < 1.29 is 23.5 Å². The first kappa shape index (κ1) is 19.1. The summed E-state index contributed by atoms with van der Waals surface area (Å²) in [5, 5.41) is 2.54. The van der Waals surface area contributed by atoms with Crippen molar-refractivity contribution in [2.75, 3.05) is 20.8 Å². The third kappa shape index (κ3) is 3.87. The summed E-state index contributed by atoms with van der Waals surface area (Å²) in [4.78, 5) is 34.1. The van der Waals surface area contributed by atoms with Crippen LogP contribution in [0.3, 0.4) is 0 Å². The van der Waals surface area contributed by atoms with E-state index < -0.39 is 18.2 Å². The second kappa shape index (κ2) is 7.91. The number of H-pyrrole nitrogens is 1. The number of imidazole rings is 1. The van der Waals surface area contributed by atoms with E-state index in [1.54, 1.807) is 17.9 Å². The first-order chi connectivity index (χ1) is 12.9. The maximum absolute atomic E-state index is 13.4. The molecule has 1 aromatic carbocycles. The number of aromatic amines is 1. The monoisotopic (exact) mass is 378 g/mol. The van der Waals surface area contributed by atoms with Crippen LogP contribution in [0.1, 0.15) is 31.6 Å². The molecule has 2 amide bonds. The number of amides is 2. The van der Waals surface area contributed by atoms with Gasteiger partial charge in [-0.3, -0.25) is 4.79 Å². The second-order valence-electron chi connectivity index (χ2n) is 6.53. The van der Waals surface area contributed by atoms with Crippen LogP contribution in [0.5, 0.6) is 0 Å². The average Bonchev–Trinajstić information content (AvgIpc) is 3.30. The molecule has 1 aromatic heterocycles. The summed E-state index contributed by atoms with van der Waals surface area (Å²) in [6.45, 7) is 2.23. The Morgan fingerprint density at radius 1 is 1.41 bits per heavy atom. The van der Waals surface area contributed by atoms with E-state index in [4.69, 9.17) is 4.74 Å². The molecule has 0 spiro atoms. The van der Waals surface area contributed by atoms with Gasteiger partial charge in [-0.25, -0.2) is 14.2 Å². The van der Waals surface area contributed by atoms with Gasteiger partial charge in [-0.1, -0.05) is 0 Å². The molecule has 9 heteroatoms. The summed E-state index contributed by atoms with van der Waals surface area (Å²) in [5.41, 5.74) is 1.22. The first-order valence-corrected chi connectivity index (χ1v) is 8.77. The third-order valence-corrected chi connectivity index (χ3v) is 4.88. The van der Waals surface area contributed by atoms with Gasteiger partial charge in [0.25, 0.3) is 0 Å². The van der Waals surface area contributed by atoms with E-state index in [1.165, 1.54) is 26.4 Å². The smallest absolute Gasteiger partial charge is 0.407 e. The molecule has 2 heterocycles. The van der Waals surface area contributed by atoms with Crippen LogP contribution < -0.4 is 5.32 Å². The summed E-state index contributed by atoms with van der Waals surface area (Å²) in [6.07, 6.45) is 0.281. The molecule has 1 fully saturated rings. The lowest BCUT2D eigenvalue weighted by atomic mass is 10.1. The molecular formula is C18H23FN4O4. The number of nitrogens with one attached hydrogen (secondary N) is 2. The van der Waals surface area contributed by atoms with Gasteiger partial charge in [0.05, 0.1) is 30.3 Å². The van der Waals surface area contributed by atoms with E-state index in [2.05, 4.69) is 20.0 Å². The first-order valence-electron chi connectivity index (χ1n) is 8.77. The predicted octanol–water partition coefficient (Wildman–Crippen LogP) is 2.12. The van der Waals surface area contributed by atoms with E-state index in [0.717, 1.165) is 12.8 Å². The summed E-state index contributed by atoms with van der Waals surface area (Å²) in [6, 6.07) is 3.16. The summed E-state index contributed by atoms with van der Waals surface area (Å²) in [5.74, 6) is -0.0273. The largest absolute Gasteiger partial charge is 0.453 e. The number of ether oxygens (including phenoxy) is 2. The quantitative estimate of drug-likeness (QED) is 0.831. The molecule has 2 N–H and O–H groups in total. The van der Waals surface area contributed by atoms with Crippen LogP contribution in [0.25, 0.3) is 11.0 Å². The third-order valence-electron chi connectivity index (χ3n) is 4.88. The highest BCUT2D eigenvalue weighted by Crippen LogP contribution is 2.32. The zero-order valence-corrected chi connectivity index (χ0v) is 15.5. The molecule has 1 aliphatic rings. The number of fused-ring (bicyclic) bond motifs is 1. The zero-order chi connectivity index (χ0) is 19.6. The van der Waals surface area contributed by atoms with Crippen molar-refractivity contribution in [2.24, 2.45) is 0 Å². The van der Waals surface area contributed by atoms with Gasteiger partial charge < -0.3 is 24.7 Å². The van der Waals surface area contributed by atoms with Crippen LogP contribution in [0.15, 0.2) is 18.2 Å². The minimum absolute atomic E-state index is 0.274. The number of nitrogens with zero attached hydrogens (tertiary/aromatic N) is 2.